The molecule has 1 aliphatic rings. The van der Waals surface area contributed by atoms with Crippen LogP contribution in [0.1, 0.15) is 60.3 Å². The first kappa shape index (κ1) is 23.7. The van der Waals surface area contributed by atoms with E-state index in [4.69, 9.17) is 13.9 Å². The highest BCUT2D eigenvalue weighted by atomic mass is 19.1. The van der Waals surface area contributed by atoms with Crippen LogP contribution in [0.25, 0.3) is 22.4 Å². The molecule has 0 bridgehead atoms. The van der Waals surface area contributed by atoms with Crippen molar-refractivity contribution < 1.29 is 22.9 Å². The number of hydrogen-bond donors (Lipinski definition) is 0. The Hall–Kier alpha value is -4.01. The molecule has 36 heavy (non-hydrogen) atoms. The van der Waals surface area contributed by atoms with Crippen LogP contribution in [-0.4, -0.2) is 56.9 Å². The average Bonchev–Trinajstić information content (AvgIpc) is 3.52. The maximum absolute atomic E-state index is 13.6. The second kappa shape index (κ2) is 8.89. The average molecular weight is 491 g/mol. The predicted octanol–water partition coefficient (Wildman–Crippen LogP) is 5.12. The minimum Gasteiger partial charge on any atom is -0.449 e. The van der Waals surface area contributed by atoms with Crippen molar-refractivity contribution in [3.05, 3.63) is 71.6 Å². The van der Waals surface area contributed by atoms with Crippen LogP contribution in [0.3, 0.4) is 0 Å². The maximum atomic E-state index is 13.6. The van der Waals surface area contributed by atoms with Crippen molar-refractivity contribution in [1.82, 2.24) is 19.9 Å². The lowest BCUT2D eigenvalue weighted by molar-refractivity contribution is 0.0136. The van der Waals surface area contributed by atoms with E-state index in [9.17, 15) is 14.0 Å². The standard InChI is InChI=1S/C27H27FN4O4/c1-16(2)19-13-20(17-5-7-18(28)8-6-17)30-21-14-23(35-24(19)21)26(34)32-12-11-31(15-27(32,3)4)25(33)22-9-10-29-36-22/h5-10,13-14,16H,11-12,15H2,1-4H3. The summed E-state index contributed by atoms with van der Waals surface area (Å²) in [5.74, 6) is -0.347. The Morgan fingerprint density at radius 2 is 1.78 bits per heavy atom. The van der Waals surface area contributed by atoms with Crippen LogP contribution in [0.5, 0.6) is 0 Å². The van der Waals surface area contributed by atoms with Gasteiger partial charge in [-0.05, 0) is 50.1 Å². The molecule has 8 nitrogen and oxygen atoms in total. The van der Waals surface area contributed by atoms with Gasteiger partial charge in [-0.1, -0.05) is 19.0 Å². The fourth-order valence-electron chi connectivity index (χ4n) is 4.67. The minimum atomic E-state index is -0.641. The summed E-state index contributed by atoms with van der Waals surface area (Å²) in [6.07, 6.45) is 1.43. The van der Waals surface area contributed by atoms with Crippen LogP contribution in [0.15, 0.2) is 57.6 Å². The zero-order valence-electron chi connectivity index (χ0n) is 20.6. The number of benzene rings is 1. The number of nitrogens with zero attached hydrogens (tertiary/aromatic N) is 4. The third-order valence-electron chi connectivity index (χ3n) is 6.56. The molecule has 5 rings (SSSR count). The molecule has 0 unspecified atom stereocenters. The Morgan fingerprint density at radius 3 is 2.42 bits per heavy atom. The molecule has 4 heterocycles. The number of aromatic nitrogens is 2. The topological polar surface area (TPSA) is 92.7 Å². The second-order valence-electron chi connectivity index (χ2n) is 9.96. The number of halogens is 1. The van der Waals surface area contributed by atoms with Gasteiger partial charge in [-0.15, -0.1) is 0 Å². The summed E-state index contributed by atoms with van der Waals surface area (Å²) >= 11 is 0. The highest BCUT2D eigenvalue weighted by Gasteiger charge is 2.40. The molecule has 2 amide bonds. The van der Waals surface area contributed by atoms with E-state index in [1.807, 2.05) is 33.8 Å². The first-order valence-corrected chi connectivity index (χ1v) is 11.9. The summed E-state index contributed by atoms with van der Waals surface area (Å²) in [6.45, 7) is 8.95. The van der Waals surface area contributed by atoms with Gasteiger partial charge in [0.15, 0.2) is 11.3 Å². The van der Waals surface area contributed by atoms with Gasteiger partial charge in [-0.2, -0.15) is 0 Å². The Morgan fingerprint density at radius 1 is 1.03 bits per heavy atom. The van der Waals surface area contributed by atoms with E-state index in [2.05, 4.69) is 5.16 Å². The van der Waals surface area contributed by atoms with E-state index in [-0.39, 0.29) is 35.1 Å². The zero-order valence-corrected chi connectivity index (χ0v) is 20.6. The molecule has 0 saturated carbocycles. The van der Waals surface area contributed by atoms with E-state index in [1.165, 1.54) is 24.4 Å². The smallest absolute Gasteiger partial charge is 0.292 e. The SMILES string of the molecule is CC(C)c1cc(-c2ccc(F)cc2)nc2cc(C(=O)N3CCN(C(=O)c4ccno4)CC3(C)C)oc12. The number of piperazine rings is 1. The third kappa shape index (κ3) is 4.25. The summed E-state index contributed by atoms with van der Waals surface area (Å²) in [5.41, 5.74) is 2.88. The molecule has 0 radical (unpaired) electrons. The van der Waals surface area contributed by atoms with E-state index >= 15 is 0 Å². The van der Waals surface area contributed by atoms with Crippen LogP contribution in [0.4, 0.5) is 4.39 Å². The molecule has 0 N–H and O–H groups in total. The van der Waals surface area contributed by atoms with Gasteiger partial charge >= 0.3 is 0 Å². The highest BCUT2D eigenvalue weighted by Crippen LogP contribution is 2.33. The molecule has 1 saturated heterocycles. The molecule has 0 atom stereocenters. The zero-order chi connectivity index (χ0) is 25.6. The normalized spacial score (nSPS) is 15.6. The first-order valence-electron chi connectivity index (χ1n) is 11.9. The van der Waals surface area contributed by atoms with Crippen molar-refractivity contribution >= 4 is 22.9 Å². The molecular formula is C27H27FN4O4. The lowest BCUT2D eigenvalue weighted by atomic mass is 9.98. The first-order chi connectivity index (χ1) is 17.1. The van der Waals surface area contributed by atoms with E-state index in [0.717, 1.165) is 11.1 Å². The molecule has 1 aliphatic heterocycles. The van der Waals surface area contributed by atoms with Crippen LogP contribution in [-0.2, 0) is 0 Å². The van der Waals surface area contributed by atoms with Gasteiger partial charge in [-0.25, -0.2) is 9.37 Å². The van der Waals surface area contributed by atoms with Crippen molar-refractivity contribution in [2.75, 3.05) is 19.6 Å². The number of pyridine rings is 1. The van der Waals surface area contributed by atoms with Crippen molar-refractivity contribution in [2.45, 2.75) is 39.2 Å². The maximum Gasteiger partial charge on any atom is 0.292 e. The van der Waals surface area contributed by atoms with Crippen LogP contribution < -0.4 is 0 Å². The van der Waals surface area contributed by atoms with Crippen LogP contribution in [0.2, 0.25) is 0 Å². The monoisotopic (exact) mass is 490 g/mol. The summed E-state index contributed by atoms with van der Waals surface area (Å²) in [7, 11) is 0. The third-order valence-corrected chi connectivity index (χ3v) is 6.56. The van der Waals surface area contributed by atoms with Crippen molar-refractivity contribution in [2.24, 2.45) is 0 Å². The quantitative estimate of drug-likeness (QED) is 0.394. The predicted molar refractivity (Wildman–Crippen MR) is 131 cm³/mol. The molecule has 1 fully saturated rings. The lowest BCUT2D eigenvalue weighted by Crippen LogP contribution is -2.62. The molecule has 1 aromatic carbocycles. The van der Waals surface area contributed by atoms with E-state index < -0.39 is 5.54 Å². The van der Waals surface area contributed by atoms with Crippen molar-refractivity contribution in [3.8, 4) is 11.3 Å². The Bertz CT molecular complexity index is 1420. The van der Waals surface area contributed by atoms with Gasteiger partial charge < -0.3 is 18.7 Å². The van der Waals surface area contributed by atoms with Gasteiger partial charge in [0.25, 0.3) is 11.8 Å². The summed E-state index contributed by atoms with van der Waals surface area (Å²) < 4.78 is 24.5. The molecule has 3 aromatic heterocycles. The Balaban J connectivity index is 1.45. The van der Waals surface area contributed by atoms with Gasteiger partial charge in [-0.3, -0.25) is 9.59 Å². The van der Waals surface area contributed by atoms with Crippen LogP contribution in [0, 0.1) is 5.82 Å². The molecule has 9 heteroatoms. The fraction of sp³-hybridized carbons (Fsp3) is 0.333. The lowest BCUT2D eigenvalue weighted by Gasteiger charge is -2.46. The number of hydrogen-bond acceptors (Lipinski definition) is 6. The Labute approximate surface area is 207 Å². The summed E-state index contributed by atoms with van der Waals surface area (Å²) in [4.78, 5) is 34.4. The van der Waals surface area contributed by atoms with Gasteiger partial charge in [0.1, 0.15) is 11.3 Å². The summed E-state index contributed by atoms with van der Waals surface area (Å²) in [5, 5.41) is 3.60. The Kier molecular flexibility index (Phi) is 5.86. The molecule has 186 valence electrons. The fourth-order valence-corrected chi connectivity index (χ4v) is 4.67. The molecular weight excluding hydrogens is 463 g/mol. The van der Waals surface area contributed by atoms with E-state index in [0.29, 0.717) is 36.4 Å². The summed E-state index contributed by atoms with van der Waals surface area (Å²) in [6, 6.07) is 11.3. The largest absolute Gasteiger partial charge is 0.449 e. The van der Waals surface area contributed by atoms with Gasteiger partial charge in [0.05, 0.1) is 17.4 Å². The van der Waals surface area contributed by atoms with Crippen LogP contribution >= 0.6 is 0 Å². The number of carbonyl (C=O) groups excluding carboxylic acids is 2. The van der Waals surface area contributed by atoms with Gasteiger partial charge in [0, 0.05) is 42.9 Å². The molecule has 0 aliphatic carbocycles. The highest BCUT2D eigenvalue weighted by molar-refractivity contribution is 5.97. The number of amides is 2. The van der Waals surface area contributed by atoms with Crippen molar-refractivity contribution in [1.29, 1.82) is 0 Å². The second-order valence-corrected chi connectivity index (χ2v) is 9.96. The van der Waals surface area contributed by atoms with Crippen molar-refractivity contribution in [3.63, 3.8) is 0 Å². The number of carbonyl (C=O) groups is 2. The number of fused-ring (bicyclic) bond motifs is 1. The van der Waals surface area contributed by atoms with E-state index in [1.54, 1.807) is 28.0 Å². The molecule has 0 spiro atoms. The molecule has 4 aromatic rings. The minimum absolute atomic E-state index is 0.117. The number of furan rings is 1. The number of rotatable bonds is 4. The van der Waals surface area contributed by atoms with Gasteiger partial charge in [0.2, 0.25) is 5.76 Å².